The third-order valence-corrected chi connectivity index (χ3v) is 3.35. The summed E-state index contributed by atoms with van der Waals surface area (Å²) in [7, 11) is 0. The predicted octanol–water partition coefficient (Wildman–Crippen LogP) is 3.08. The van der Waals surface area contributed by atoms with Crippen LogP contribution in [0.1, 0.15) is 53.4 Å². The molecule has 1 aliphatic carbocycles. The van der Waals surface area contributed by atoms with Crippen molar-refractivity contribution in [2.45, 2.75) is 65.6 Å². The molecule has 0 aromatic carbocycles. The average molecular weight is 228 g/mol. The molecule has 0 saturated heterocycles. The zero-order chi connectivity index (χ0) is 12.3. The van der Waals surface area contributed by atoms with Gasteiger partial charge in [0.1, 0.15) is 0 Å². The van der Waals surface area contributed by atoms with E-state index in [9.17, 15) is 4.79 Å². The standard InChI is InChI=1S/C13H24O3/c1-5-11(12(14)15)16-10-6-9(2)7-13(3,4)8-10/h9-11H,5-8H2,1-4H3,(H,14,15). The first kappa shape index (κ1) is 13.5. The van der Waals surface area contributed by atoms with Gasteiger partial charge in [0.25, 0.3) is 0 Å². The Hall–Kier alpha value is -0.570. The lowest BCUT2D eigenvalue weighted by Gasteiger charge is -2.39. The number of rotatable bonds is 4. The van der Waals surface area contributed by atoms with E-state index in [-0.39, 0.29) is 11.5 Å². The quantitative estimate of drug-likeness (QED) is 0.804. The first-order valence-electron chi connectivity index (χ1n) is 6.22. The summed E-state index contributed by atoms with van der Waals surface area (Å²) in [6.07, 6.45) is 3.19. The van der Waals surface area contributed by atoms with E-state index in [1.54, 1.807) is 0 Å². The van der Waals surface area contributed by atoms with Gasteiger partial charge in [0.05, 0.1) is 6.10 Å². The summed E-state index contributed by atoms with van der Waals surface area (Å²) >= 11 is 0. The highest BCUT2D eigenvalue weighted by Gasteiger charge is 2.34. The van der Waals surface area contributed by atoms with E-state index >= 15 is 0 Å². The Bertz CT molecular complexity index is 248. The number of aliphatic carboxylic acids is 1. The van der Waals surface area contributed by atoms with E-state index in [1.807, 2.05) is 6.92 Å². The van der Waals surface area contributed by atoms with Crippen LogP contribution in [-0.2, 0) is 9.53 Å². The lowest BCUT2D eigenvalue weighted by molar-refractivity contribution is -0.158. The summed E-state index contributed by atoms with van der Waals surface area (Å²) in [5.41, 5.74) is 0.277. The second-order valence-electron chi connectivity index (χ2n) is 5.91. The molecule has 3 unspecified atom stereocenters. The molecule has 0 aromatic heterocycles. The molecular formula is C13H24O3. The van der Waals surface area contributed by atoms with Crippen LogP contribution < -0.4 is 0 Å². The van der Waals surface area contributed by atoms with E-state index in [2.05, 4.69) is 20.8 Å². The van der Waals surface area contributed by atoms with Crippen molar-refractivity contribution in [2.24, 2.45) is 11.3 Å². The largest absolute Gasteiger partial charge is 0.479 e. The van der Waals surface area contributed by atoms with Crippen LogP contribution in [0, 0.1) is 11.3 Å². The highest BCUT2D eigenvalue weighted by molar-refractivity contribution is 5.72. The molecule has 0 amide bonds. The van der Waals surface area contributed by atoms with E-state index < -0.39 is 12.1 Å². The van der Waals surface area contributed by atoms with E-state index in [0.29, 0.717) is 12.3 Å². The molecule has 3 heteroatoms. The highest BCUT2D eigenvalue weighted by atomic mass is 16.5. The molecule has 94 valence electrons. The SMILES string of the molecule is CCC(OC1CC(C)CC(C)(C)C1)C(=O)O. The summed E-state index contributed by atoms with van der Waals surface area (Å²) in [6.45, 7) is 8.55. The van der Waals surface area contributed by atoms with E-state index in [0.717, 1.165) is 12.8 Å². The number of carboxylic acids is 1. The molecule has 0 radical (unpaired) electrons. The first-order chi connectivity index (χ1) is 7.34. The Morgan fingerprint density at radius 1 is 1.50 bits per heavy atom. The van der Waals surface area contributed by atoms with Gasteiger partial charge in [-0.15, -0.1) is 0 Å². The maximum absolute atomic E-state index is 10.9. The van der Waals surface area contributed by atoms with Gasteiger partial charge in [-0.25, -0.2) is 4.79 Å². The molecular weight excluding hydrogens is 204 g/mol. The van der Waals surface area contributed by atoms with Gasteiger partial charge in [-0.3, -0.25) is 0 Å². The number of hydrogen-bond donors (Lipinski definition) is 1. The summed E-state index contributed by atoms with van der Waals surface area (Å²) in [5.74, 6) is -0.210. The molecule has 1 saturated carbocycles. The van der Waals surface area contributed by atoms with E-state index in [1.165, 1.54) is 6.42 Å². The first-order valence-corrected chi connectivity index (χ1v) is 6.22. The third kappa shape index (κ3) is 3.78. The second-order valence-corrected chi connectivity index (χ2v) is 5.91. The topological polar surface area (TPSA) is 46.5 Å². The number of hydrogen-bond acceptors (Lipinski definition) is 2. The average Bonchev–Trinajstić information content (AvgIpc) is 2.10. The minimum absolute atomic E-state index is 0.111. The number of ether oxygens (including phenoxy) is 1. The van der Waals surface area contributed by atoms with Gasteiger partial charge in [0.15, 0.2) is 6.10 Å². The fourth-order valence-electron chi connectivity index (χ4n) is 2.92. The molecule has 1 fully saturated rings. The molecule has 3 nitrogen and oxygen atoms in total. The van der Waals surface area contributed by atoms with Crippen LogP contribution in [0.5, 0.6) is 0 Å². The fourth-order valence-corrected chi connectivity index (χ4v) is 2.92. The van der Waals surface area contributed by atoms with Crippen molar-refractivity contribution >= 4 is 5.97 Å². The minimum Gasteiger partial charge on any atom is -0.479 e. The van der Waals surface area contributed by atoms with Gasteiger partial charge >= 0.3 is 5.97 Å². The van der Waals surface area contributed by atoms with Crippen LogP contribution in [0.3, 0.4) is 0 Å². The molecule has 0 heterocycles. The van der Waals surface area contributed by atoms with Crippen molar-refractivity contribution in [3.8, 4) is 0 Å². The van der Waals surface area contributed by atoms with Crippen LogP contribution >= 0.6 is 0 Å². The van der Waals surface area contributed by atoms with Crippen molar-refractivity contribution in [3.63, 3.8) is 0 Å². The second kappa shape index (κ2) is 5.17. The monoisotopic (exact) mass is 228 g/mol. The Morgan fingerprint density at radius 2 is 2.12 bits per heavy atom. The Morgan fingerprint density at radius 3 is 2.56 bits per heavy atom. The van der Waals surface area contributed by atoms with Crippen LogP contribution in [0.25, 0.3) is 0 Å². The molecule has 0 aliphatic heterocycles. The van der Waals surface area contributed by atoms with E-state index in [4.69, 9.17) is 9.84 Å². The van der Waals surface area contributed by atoms with Gasteiger partial charge in [0.2, 0.25) is 0 Å². The molecule has 16 heavy (non-hydrogen) atoms. The van der Waals surface area contributed by atoms with Crippen molar-refractivity contribution < 1.29 is 14.6 Å². The molecule has 1 rings (SSSR count). The summed E-state index contributed by atoms with van der Waals surface area (Å²) < 4.78 is 5.71. The van der Waals surface area contributed by atoms with Gasteiger partial charge in [-0.05, 0) is 37.0 Å². The van der Waals surface area contributed by atoms with Crippen molar-refractivity contribution in [1.82, 2.24) is 0 Å². The van der Waals surface area contributed by atoms with Crippen molar-refractivity contribution in [1.29, 1.82) is 0 Å². The summed E-state index contributed by atoms with van der Waals surface area (Å²) in [4.78, 5) is 10.9. The molecule has 0 aromatic rings. The third-order valence-electron chi connectivity index (χ3n) is 3.35. The van der Waals surface area contributed by atoms with Crippen LogP contribution in [0.15, 0.2) is 0 Å². The van der Waals surface area contributed by atoms with Crippen LogP contribution in [0.2, 0.25) is 0 Å². The zero-order valence-electron chi connectivity index (χ0n) is 10.8. The molecule has 1 aliphatic rings. The molecule has 3 atom stereocenters. The maximum Gasteiger partial charge on any atom is 0.332 e. The Kier molecular flexibility index (Phi) is 4.36. The van der Waals surface area contributed by atoms with Crippen LogP contribution in [-0.4, -0.2) is 23.3 Å². The number of carbonyl (C=O) groups is 1. The van der Waals surface area contributed by atoms with Crippen LogP contribution in [0.4, 0.5) is 0 Å². The zero-order valence-corrected chi connectivity index (χ0v) is 10.8. The number of carboxylic acid groups (broad SMARTS) is 1. The summed E-state index contributed by atoms with van der Waals surface area (Å²) in [5, 5.41) is 8.97. The minimum atomic E-state index is -0.835. The van der Waals surface area contributed by atoms with Gasteiger partial charge in [-0.2, -0.15) is 0 Å². The predicted molar refractivity (Wildman–Crippen MR) is 63.4 cm³/mol. The van der Waals surface area contributed by atoms with Crippen molar-refractivity contribution in [2.75, 3.05) is 0 Å². The lowest BCUT2D eigenvalue weighted by Crippen LogP contribution is -2.37. The maximum atomic E-state index is 10.9. The smallest absolute Gasteiger partial charge is 0.332 e. The molecule has 0 bridgehead atoms. The Balaban J connectivity index is 2.56. The van der Waals surface area contributed by atoms with Gasteiger partial charge < -0.3 is 9.84 Å². The Labute approximate surface area is 98.2 Å². The van der Waals surface area contributed by atoms with Crippen molar-refractivity contribution in [3.05, 3.63) is 0 Å². The molecule has 0 spiro atoms. The highest BCUT2D eigenvalue weighted by Crippen LogP contribution is 2.40. The molecule has 1 N–H and O–H groups in total. The van der Waals surface area contributed by atoms with Gasteiger partial charge in [-0.1, -0.05) is 27.7 Å². The fraction of sp³-hybridized carbons (Fsp3) is 0.923. The van der Waals surface area contributed by atoms with Gasteiger partial charge in [0, 0.05) is 0 Å². The normalized spacial score (nSPS) is 31.0. The lowest BCUT2D eigenvalue weighted by atomic mass is 9.71. The summed E-state index contributed by atoms with van der Waals surface area (Å²) in [6, 6.07) is 0.